The quantitative estimate of drug-likeness (QED) is 0.684. The summed E-state index contributed by atoms with van der Waals surface area (Å²) in [4.78, 5) is 10.4. The van der Waals surface area contributed by atoms with Crippen molar-refractivity contribution in [2.75, 3.05) is 0 Å². The first-order valence-corrected chi connectivity index (χ1v) is 4.94. The maximum atomic E-state index is 10.4. The van der Waals surface area contributed by atoms with Crippen LogP contribution in [-0.2, 0) is 4.79 Å². The molecule has 0 atom stereocenters. The lowest BCUT2D eigenvalue weighted by Crippen LogP contribution is -2.26. The normalized spacial score (nSPS) is 11.7. The first-order chi connectivity index (χ1) is 6.18. The molecule has 3 nitrogen and oxygen atoms in total. The lowest BCUT2D eigenvalue weighted by atomic mass is 10.1. The van der Waals surface area contributed by atoms with Gasteiger partial charge < -0.3 is 11.5 Å². The molecule has 3 heteroatoms. The van der Waals surface area contributed by atoms with Gasteiger partial charge in [0.2, 0.25) is 5.91 Å². The highest BCUT2D eigenvalue weighted by Crippen LogP contribution is 1.95. The van der Waals surface area contributed by atoms with Crippen LogP contribution in [0.15, 0.2) is 11.6 Å². The molecule has 0 aromatic carbocycles. The molecular weight excluding hydrogens is 176 g/mol. The van der Waals surface area contributed by atoms with E-state index < -0.39 is 0 Å². The number of amides is 1. The highest BCUT2D eigenvalue weighted by Gasteiger charge is 1.95. The number of rotatable bonds is 3. The smallest absolute Gasteiger partial charge is 0.244 e. The fourth-order valence-electron chi connectivity index (χ4n) is 0.461. The van der Waals surface area contributed by atoms with Gasteiger partial charge in [-0.15, -0.1) is 0 Å². The number of hydrogen-bond donors (Lipinski definition) is 2. The number of carbonyl (C=O) groups is 1. The van der Waals surface area contributed by atoms with E-state index in [2.05, 4.69) is 6.92 Å². The summed E-state index contributed by atoms with van der Waals surface area (Å²) in [6.45, 7) is 9.69. The van der Waals surface area contributed by atoms with Crippen molar-refractivity contribution < 1.29 is 4.79 Å². The maximum Gasteiger partial charge on any atom is 0.244 e. The zero-order chi connectivity index (χ0) is 11.8. The van der Waals surface area contributed by atoms with Crippen LogP contribution in [0.3, 0.4) is 0 Å². The molecule has 0 radical (unpaired) electrons. The molecule has 0 aliphatic rings. The molecule has 4 N–H and O–H groups in total. The fraction of sp³-hybridized carbons (Fsp3) is 0.727. The minimum Gasteiger partial charge on any atom is -0.366 e. The van der Waals surface area contributed by atoms with Crippen molar-refractivity contribution in [2.24, 2.45) is 11.5 Å². The molecule has 0 aliphatic heterocycles. The molecule has 0 fully saturated rings. The molecular formula is C11H24N2O. The zero-order valence-electron chi connectivity index (χ0n) is 10.1. The van der Waals surface area contributed by atoms with Crippen LogP contribution in [0, 0.1) is 0 Å². The van der Waals surface area contributed by atoms with Crippen LogP contribution in [0.4, 0.5) is 0 Å². The van der Waals surface area contributed by atoms with Gasteiger partial charge in [-0.05, 0) is 34.1 Å². The van der Waals surface area contributed by atoms with Gasteiger partial charge in [-0.3, -0.25) is 4.79 Å². The number of primary amides is 1. The van der Waals surface area contributed by atoms with Crippen molar-refractivity contribution >= 4 is 5.91 Å². The number of carbonyl (C=O) groups excluding carboxylic acids is 1. The van der Waals surface area contributed by atoms with Crippen molar-refractivity contribution in [2.45, 2.75) is 53.0 Å². The molecule has 0 aliphatic carbocycles. The molecule has 84 valence electrons. The van der Waals surface area contributed by atoms with Crippen molar-refractivity contribution in [1.82, 2.24) is 0 Å². The minimum atomic E-state index is -0.316. The van der Waals surface area contributed by atoms with Gasteiger partial charge in [0.1, 0.15) is 0 Å². The summed E-state index contributed by atoms with van der Waals surface area (Å²) in [6, 6.07) is 0. The van der Waals surface area contributed by atoms with Crippen LogP contribution in [0.1, 0.15) is 47.5 Å². The number of nitrogens with two attached hydrogens (primary N) is 2. The number of unbranched alkanes of at least 4 members (excludes halogenated alkanes) is 1. The van der Waals surface area contributed by atoms with Gasteiger partial charge in [-0.25, -0.2) is 0 Å². The summed E-state index contributed by atoms with van der Waals surface area (Å²) in [5.74, 6) is -0.316. The van der Waals surface area contributed by atoms with Crippen LogP contribution >= 0.6 is 0 Å². The van der Waals surface area contributed by atoms with Crippen LogP contribution < -0.4 is 11.5 Å². The van der Waals surface area contributed by atoms with Crippen molar-refractivity contribution in [3.8, 4) is 0 Å². The SMILES string of the molecule is CC(C)(C)N.CCCC=C(C)C(N)=O. The van der Waals surface area contributed by atoms with Crippen molar-refractivity contribution in [3.05, 3.63) is 11.6 Å². The van der Waals surface area contributed by atoms with E-state index >= 15 is 0 Å². The maximum absolute atomic E-state index is 10.4. The molecule has 0 aromatic heterocycles. The Hall–Kier alpha value is -0.830. The van der Waals surface area contributed by atoms with Gasteiger partial charge in [0.15, 0.2) is 0 Å². The average Bonchev–Trinajstić information content (AvgIpc) is 1.96. The second-order valence-electron chi connectivity index (χ2n) is 4.41. The monoisotopic (exact) mass is 200 g/mol. The van der Waals surface area contributed by atoms with Crippen molar-refractivity contribution in [1.29, 1.82) is 0 Å². The number of hydrogen-bond acceptors (Lipinski definition) is 2. The lowest BCUT2D eigenvalue weighted by Gasteiger charge is -2.06. The third kappa shape index (κ3) is 22.5. The molecule has 0 heterocycles. The largest absolute Gasteiger partial charge is 0.366 e. The summed E-state index contributed by atoms with van der Waals surface area (Å²) in [5, 5.41) is 0. The molecule has 0 rings (SSSR count). The van der Waals surface area contributed by atoms with E-state index in [1.807, 2.05) is 26.8 Å². The Morgan fingerprint density at radius 3 is 1.93 bits per heavy atom. The number of allylic oxidation sites excluding steroid dienone is 1. The summed E-state index contributed by atoms with van der Waals surface area (Å²) in [7, 11) is 0. The van der Waals surface area contributed by atoms with Gasteiger partial charge in [0.25, 0.3) is 0 Å². The highest BCUT2D eigenvalue weighted by atomic mass is 16.1. The van der Waals surface area contributed by atoms with E-state index in [4.69, 9.17) is 11.5 Å². The fourth-order valence-corrected chi connectivity index (χ4v) is 0.461. The Morgan fingerprint density at radius 2 is 1.71 bits per heavy atom. The minimum absolute atomic E-state index is 0. The standard InChI is InChI=1S/C7H13NO.C4H11N/c1-3-4-5-6(2)7(8)9;1-4(2,3)5/h5H,3-4H2,1-2H3,(H2,8,9);5H2,1-3H3. The van der Waals surface area contributed by atoms with Gasteiger partial charge >= 0.3 is 0 Å². The molecule has 14 heavy (non-hydrogen) atoms. The third-order valence-electron chi connectivity index (χ3n) is 1.13. The van der Waals surface area contributed by atoms with E-state index in [-0.39, 0.29) is 11.4 Å². The van der Waals surface area contributed by atoms with Gasteiger partial charge in [0, 0.05) is 11.1 Å². The Labute approximate surface area is 87.5 Å². The summed E-state index contributed by atoms with van der Waals surface area (Å²) < 4.78 is 0. The Bertz CT molecular complexity index is 184. The second kappa shape index (κ2) is 7.56. The predicted octanol–water partition coefficient (Wildman–Crippen LogP) is 1.96. The molecule has 0 saturated heterocycles. The van der Waals surface area contributed by atoms with Crippen molar-refractivity contribution in [3.63, 3.8) is 0 Å². The summed E-state index contributed by atoms with van der Waals surface area (Å²) in [5.41, 5.74) is 11.0. The first kappa shape index (κ1) is 15.6. The third-order valence-corrected chi connectivity index (χ3v) is 1.13. The molecule has 0 saturated carbocycles. The topological polar surface area (TPSA) is 69.1 Å². The van der Waals surface area contributed by atoms with E-state index in [1.165, 1.54) is 0 Å². The van der Waals surface area contributed by atoms with Crippen LogP contribution in [0.2, 0.25) is 0 Å². The lowest BCUT2D eigenvalue weighted by molar-refractivity contribution is -0.114. The molecule has 0 unspecified atom stereocenters. The second-order valence-corrected chi connectivity index (χ2v) is 4.41. The Kier molecular flexibility index (Phi) is 8.44. The van der Waals surface area contributed by atoms with Gasteiger partial charge in [-0.1, -0.05) is 19.4 Å². The van der Waals surface area contributed by atoms with Gasteiger partial charge in [-0.2, -0.15) is 0 Å². The van der Waals surface area contributed by atoms with E-state index in [0.29, 0.717) is 5.57 Å². The highest BCUT2D eigenvalue weighted by molar-refractivity contribution is 5.91. The predicted molar refractivity (Wildman–Crippen MR) is 61.8 cm³/mol. The van der Waals surface area contributed by atoms with E-state index in [9.17, 15) is 4.79 Å². The molecule has 0 spiro atoms. The molecule has 0 bridgehead atoms. The Morgan fingerprint density at radius 1 is 1.36 bits per heavy atom. The van der Waals surface area contributed by atoms with E-state index in [0.717, 1.165) is 12.8 Å². The zero-order valence-corrected chi connectivity index (χ0v) is 10.1. The summed E-state index contributed by atoms with van der Waals surface area (Å²) in [6.07, 6.45) is 3.86. The van der Waals surface area contributed by atoms with Crippen LogP contribution in [-0.4, -0.2) is 11.4 Å². The first-order valence-electron chi connectivity index (χ1n) is 4.94. The van der Waals surface area contributed by atoms with Gasteiger partial charge in [0.05, 0.1) is 0 Å². The molecule has 1 amide bonds. The van der Waals surface area contributed by atoms with E-state index in [1.54, 1.807) is 6.92 Å². The summed E-state index contributed by atoms with van der Waals surface area (Å²) >= 11 is 0. The Balaban J connectivity index is 0. The average molecular weight is 200 g/mol. The molecule has 0 aromatic rings. The van der Waals surface area contributed by atoms with Crippen LogP contribution in [0.25, 0.3) is 0 Å². The van der Waals surface area contributed by atoms with Crippen LogP contribution in [0.5, 0.6) is 0 Å².